The maximum atomic E-state index is 4.35. The summed E-state index contributed by atoms with van der Waals surface area (Å²) in [6.07, 6.45) is 1.14. The Labute approximate surface area is 102 Å². The predicted octanol–water partition coefficient (Wildman–Crippen LogP) is -0.261. The lowest BCUT2D eigenvalue weighted by Gasteiger charge is -2.07. The first kappa shape index (κ1) is 11.6. The molecule has 2 rings (SSSR count). The summed E-state index contributed by atoms with van der Waals surface area (Å²) in [6.45, 7) is 6.07. The standard InChI is InChI=1S/C13H18N4/c1-10-4-6-12(7-5-10)11(2)16-17-13-14-8-3-9-15-13/h4-7H,3,8-9H2,1-2H3,(H2,14,15,17)/p+1/b16-11-. The number of nitrogens with zero attached hydrogens (tertiary/aromatic N) is 1. The van der Waals surface area contributed by atoms with E-state index in [1.807, 2.05) is 6.92 Å². The van der Waals surface area contributed by atoms with Crippen LogP contribution in [0.5, 0.6) is 0 Å². The number of benzene rings is 1. The highest BCUT2D eigenvalue weighted by molar-refractivity contribution is 5.99. The van der Waals surface area contributed by atoms with Crippen molar-refractivity contribution < 1.29 is 4.99 Å². The lowest BCUT2D eigenvalue weighted by Crippen LogP contribution is -2.81. The van der Waals surface area contributed by atoms with Crippen LogP contribution in [0.3, 0.4) is 0 Å². The van der Waals surface area contributed by atoms with Crippen molar-refractivity contribution in [1.29, 1.82) is 0 Å². The molecule has 90 valence electrons. The van der Waals surface area contributed by atoms with Gasteiger partial charge in [0, 0.05) is 6.42 Å². The molecular formula is C13H19N4+. The Bertz CT molecular complexity index is 431. The normalized spacial score (nSPS) is 16.1. The monoisotopic (exact) mass is 231 g/mol. The van der Waals surface area contributed by atoms with E-state index in [0.717, 1.165) is 36.7 Å². The molecule has 4 nitrogen and oxygen atoms in total. The van der Waals surface area contributed by atoms with Crippen molar-refractivity contribution in [2.75, 3.05) is 13.1 Å². The molecule has 0 saturated carbocycles. The van der Waals surface area contributed by atoms with Crippen LogP contribution in [-0.4, -0.2) is 24.8 Å². The fourth-order valence-electron chi connectivity index (χ4n) is 1.66. The zero-order valence-corrected chi connectivity index (χ0v) is 10.4. The molecule has 4 heteroatoms. The zero-order valence-electron chi connectivity index (χ0n) is 10.4. The number of guanidine groups is 1. The number of hydrogen-bond donors (Lipinski definition) is 3. The van der Waals surface area contributed by atoms with Gasteiger partial charge in [-0.2, -0.15) is 5.43 Å². The summed E-state index contributed by atoms with van der Waals surface area (Å²) in [5.41, 5.74) is 6.40. The van der Waals surface area contributed by atoms with Gasteiger partial charge in [0.1, 0.15) is 0 Å². The Morgan fingerprint density at radius 1 is 1.35 bits per heavy atom. The number of hydrazone groups is 1. The van der Waals surface area contributed by atoms with Crippen molar-refractivity contribution in [2.24, 2.45) is 5.10 Å². The zero-order chi connectivity index (χ0) is 12.1. The second-order valence-corrected chi connectivity index (χ2v) is 4.26. The quantitative estimate of drug-likeness (QED) is 0.485. The third-order valence-corrected chi connectivity index (χ3v) is 2.76. The summed E-state index contributed by atoms with van der Waals surface area (Å²) in [5.74, 6) is 0.891. The Kier molecular flexibility index (Phi) is 3.75. The topological polar surface area (TPSA) is 50.4 Å². The molecule has 0 spiro atoms. The van der Waals surface area contributed by atoms with Crippen LogP contribution in [0.1, 0.15) is 24.5 Å². The van der Waals surface area contributed by atoms with E-state index in [2.05, 4.69) is 52.0 Å². The highest BCUT2D eigenvalue weighted by Crippen LogP contribution is 2.03. The van der Waals surface area contributed by atoms with Gasteiger partial charge in [0.2, 0.25) is 0 Å². The minimum atomic E-state index is 0.891. The summed E-state index contributed by atoms with van der Waals surface area (Å²) in [4.78, 5) is 3.22. The van der Waals surface area contributed by atoms with Gasteiger partial charge in [-0.25, -0.2) is 0 Å². The molecule has 17 heavy (non-hydrogen) atoms. The largest absolute Gasteiger partial charge is 0.367 e. The van der Waals surface area contributed by atoms with Crippen LogP contribution in [-0.2, 0) is 0 Å². The molecule has 0 saturated heterocycles. The lowest BCUT2D eigenvalue weighted by molar-refractivity contribution is -0.466. The molecule has 1 aliphatic heterocycles. The van der Waals surface area contributed by atoms with Gasteiger partial charge in [0.15, 0.2) is 0 Å². The Morgan fingerprint density at radius 2 is 2.12 bits per heavy atom. The van der Waals surface area contributed by atoms with E-state index < -0.39 is 0 Å². The second-order valence-electron chi connectivity index (χ2n) is 4.26. The van der Waals surface area contributed by atoms with Crippen molar-refractivity contribution in [3.63, 3.8) is 0 Å². The summed E-state index contributed by atoms with van der Waals surface area (Å²) < 4.78 is 0. The van der Waals surface area contributed by atoms with Crippen LogP contribution >= 0.6 is 0 Å². The molecule has 0 aromatic heterocycles. The van der Waals surface area contributed by atoms with E-state index in [9.17, 15) is 0 Å². The Hall–Kier alpha value is -1.84. The fraction of sp³-hybridized carbons (Fsp3) is 0.385. The number of hydrogen-bond acceptors (Lipinski definition) is 3. The fourth-order valence-corrected chi connectivity index (χ4v) is 1.66. The van der Waals surface area contributed by atoms with Gasteiger partial charge in [-0.15, -0.1) is 5.10 Å². The summed E-state index contributed by atoms with van der Waals surface area (Å²) in [6, 6.07) is 8.36. The van der Waals surface area contributed by atoms with Gasteiger partial charge < -0.3 is 0 Å². The molecule has 0 atom stereocenters. The highest BCUT2D eigenvalue weighted by Gasteiger charge is 2.08. The summed E-state index contributed by atoms with van der Waals surface area (Å²) in [5, 5.41) is 7.57. The van der Waals surface area contributed by atoms with E-state index in [4.69, 9.17) is 0 Å². The van der Waals surface area contributed by atoms with Crippen LogP contribution in [0.15, 0.2) is 29.4 Å². The molecule has 1 aromatic rings. The summed E-state index contributed by atoms with van der Waals surface area (Å²) in [7, 11) is 0. The number of rotatable bonds is 2. The van der Waals surface area contributed by atoms with Gasteiger partial charge in [-0.05, 0) is 19.4 Å². The molecule has 1 heterocycles. The Morgan fingerprint density at radius 3 is 2.76 bits per heavy atom. The maximum absolute atomic E-state index is 4.35. The Balaban J connectivity index is 2.01. The van der Waals surface area contributed by atoms with Crippen molar-refractivity contribution >= 4 is 11.7 Å². The molecular weight excluding hydrogens is 212 g/mol. The SMILES string of the molecule is C/C(=N/NC1=[NH+]CCCN1)c1ccc(C)cc1. The third-order valence-electron chi connectivity index (χ3n) is 2.76. The van der Waals surface area contributed by atoms with E-state index in [1.54, 1.807) is 0 Å². The first-order valence-electron chi connectivity index (χ1n) is 5.98. The third kappa shape index (κ3) is 3.31. The van der Waals surface area contributed by atoms with Crippen LogP contribution in [0.25, 0.3) is 0 Å². The van der Waals surface area contributed by atoms with Crippen molar-refractivity contribution in [3.05, 3.63) is 35.4 Å². The van der Waals surface area contributed by atoms with Gasteiger partial charge in [-0.1, -0.05) is 29.8 Å². The van der Waals surface area contributed by atoms with Crippen LogP contribution in [0.2, 0.25) is 0 Å². The van der Waals surface area contributed by atoms with Crippen molar-refractivity contribution in [2.45, 2.75) is 20.3 Å². The van der Waals surface area contributed by atoms with Gasteiger partial charge in [-0.3, -0.25) is 10.3 Å². The minimum Gasteiger partial charge on any atom is -0.276 e. The second kappa shape index (κ2) is 5.48. The molecule has 0 amide bonds. The summed E-state index contributed by atoms with van der Waals surface area (Å²) >= 11 is 0. The molecule has 0 radical (unpaired) electrons. The van der Waals surface area contributed by atoms with E-state index >= 15 is 0 Å². The van der Waals surface area contributed by atoms with Crippen LogP contribution < -0.4 is 15.7 Å². The smallest absolute Gasteiger partial charge is 0.276 e. The molecule has 1 aliphatic rings. The first-order chi connectivity index (χ1) is 8.25. The maximum Gasteiger partial charge on any atom is 0.367 e. The van der Waals surface area contributed by atoms with Crippen molar-refractivity contribution in [3.8, 4) is 0 Å². The van der Waals surface area contributed by atoms with E-state index in [1.165, 1.54) is 5.56 Å². The van der Waals surface area contributed by atoms with Gasteiger partial charge >= 0.3 is 5.96 Å². The van der Waals surface area contributed by atoms with Crippen LogP contribution in [0, 0.1) is 6.92 Å². The predicted molar refractivity (Wildman–Crippen MR) is 70.0 cm³/mol. The van der Waals surface area contributed by atoms with Gasteiger partial charge in [0.05, 0.1) is 18.8 Å². The van der Waals surface area contributed by atoms with Crippen LogP contribution in [0.4, 0.5) is 0 Å². The first-order valence-corrected chi connectivity index (χ1v) is 5.98. The lowest BCUT2D eigenvalue weighted by atomic mass is 10.1. The molecule has 0 fully saturated rings. The number of nitrogens with one attached hydrogen (secondary N) is 3. The number of aryl methyl sites for hydroxylation is 1. The molecule has 0 bridgehead atoms. The molecule has 0 unspecified atom stereocenters. The average Bonchev–Trinajstić information content (AvgIpc) is 2.38. The minimum absolute atomic E-state index is 0.891. The highest BCUT2D eigenvalue weighted by atomic mass is 15.4. The molecule has 3 N–H and O–H groups in total. The molecule has 0 aliphatic carbocycles. The van der Waals surface area contributed by atoms with E-state index in [-0.39, 0.29) is 0 Å². The molecule has 1 aromatic carbocycles. The van der Waals surface area contributed by atoms with E-state index in [0.29, 0.717) is 0 Å². The van der Waals surface area contributed by atoms with Crippen molar-refractivity contribution in [1.82, 2.24) is 10.7 Å². The van der Waals surface area contributed by atoms with Gasteiger partial charge in [0.25, 0.3) is 0 Å². The average molecular weight is 231 g/mol.